The van der Waals surface area contributed by atoms with Crippen molar-refractivity contribution in [1.29, 1.82) is 0 Å². The van der Waals surface area contributed by atoms with Crippen molar-refractivity contribution < 1.29 is 28.6 Å². The maximum Gasteiger partial charge on any atom is 0.306 e. The van der Waals surface area contributed by atoms with E-state index in [2.05, 4.69) is 81.5 Å². The molecule has 0 heterocycles. The van der Waals surface area contributed by atoms with Gasteiger partial charge in [0, 0.05) is 19.3 Å². The predicted molar refractivity (Wildman–Crippen MR) is 339 cm³/mol. The second-order valence-corrected chi connectivity index (χ2v) is 23.1. The number of carbonyl (C=O) groups excluding carboxylic acids is 3. The first kappa shape index (κ1) is 75.1. The number of hydrogen-bond acceptors (Lipinski definition) is 6. The van der Waals surface area contributed by atoms with Gasteiger partial charge in [0.25, 0.3) is 0 Å². The van der Waals surface area contributed by atoms with E-state index in [4.69, 9.17) is 14.2 Å². The second-order valence-electron chi connectivity index (χ2n) is 23.1. The van der Waals surface area contributed by atoms with Gasteiger partial charge < -0.3 is 14.2 Å². The van der Waals surface area contributed by atoms with Gasteiger partial charge in [-0.3, -0.25) is 14.4 Å². The molecule has 0 rings (SSSR count). The molecule has 6 heteroatoms. The first-order valence-electron chi connectivity index (χ1n) is 34.3. The fraction of sp³-hybridized carbons (Fsp3) is 0.819. The summed E-state index contributed by atoms with van der Waals surface area (Å²) in [6.07, 6.45) is 85.8. The largest absolute Gasteiger partial charge is 0.462 e. The highest BCUT2D eigenvalue weighted by Gasteiger charge is 2.19. The van der Waals surface area contributed by atoms with Crippen LogP contribution in [0.2, 0.25) is 0 Å². The summed E-state index contributed by atoms with van der Waals surface area (Å²) in [5.41, 5.74) is 0. The first-order chi connectivity index (χ1) is 38.5. The molecule has 0 bridgehead atoms. The third-order valence-corrected chi connectivity index (χ3v) is 15.3. The Morgan fingerprint density at radius 2 is 0.500 bits per heavy atom. The Morgan fingerprint density at radius 1 is 0.269 bits per heavy atom. The average molecular weight is 1090 g/mol. The molecule has 0 aliphatic rings. The highest BCUT2D eigenvalue weighted by Crippen LogP contribution is 2.18. The Morgan fingerprint density at radius 3 is 0.782 bits per heavy atom. The minimum atomic E-state index is -0.774. The Labute approximate surface area is 485 Å². The van der Waals surface area contributed by atoms with Crippen molar-refractivity contribution in [3.63, 3.8) is 0 Å². The summed E-state index contributed by atoms with van der Waals surface area (Å²) >= 11 is 0. The van der Waals surface area contributed by atoms with E-state index in [9.17, 15) is 14.4 Å². The molecule has 0 N–H and O–H groups in total. The van der Waals surface area contributed by atoms with E-state index >= 15 is 0 Å². The average Bonchev–Trinajstić information content (AvgIpc) is 3.44. The van der Waals surface area contributed by atoms with Gasteiger partial charge in [0.2, 0.25) is 0 Å². The van der Waals surface area contributed by atoms with Crippen LogP contribution in [0, 0.1) is 0 Å². The molecule has 454 valence electrons. The van der Waals surface area contributed by atoms with Crippen molar-refractivity contribution in [2.75, 3.05) is 13.2 Å². The number of unbranched alkanes of at least 4 members (excludes halogenated alkanes) is 42. The molecule has 0 amide bonds. The molecule has 0 spiro atoms. The summed E-state index contributed by atoms with van der Waals surface area (Å²) in [4.78, 5) is 38.1. The summed E-state index contributed by atoms with van der Waals surface area (Å²) in [5.74, 6) is -0.870. The van der Waals surface area contributed by atoms with Crippen LogP contribution in [0.3, 0.4) is 0 Å². The van der Waals surface area contributed by atoms with Gasteiger partial charge in [-0.25, -0.2) is 0 Å². The van der Waals surface area contributed by atoms with E-state index < -0.39 is 6.10 Å². The molecule has 0 aliphatic heterocycles. The quantitative estimate of drug-likeness (QED) is 0.0261. The molecule has 0 saturated heterocycles. The van der Waals surface area contributed by atoms with Crippen LogP contribution >= 0.6 is 0 Å². The molecule has 78 heavy (non-hydrogen) atoms. The van der Waals surface area contributed by atoms with Crippen LogP contribution in [0.4, 0.5) is 0 Å². The van der Waals surface area contributed by atoms with Crippen LogP contribution in [-0.2, 0) is 28.6 Å². The fourth-order valence-corrected chi connectivity index (χ4v) is 10.2. The fourth-order valence-electron chi connectivity index (χ4n) is 10.2. The summed E-state index contributed by atoms with van der Waals surface area (Å²) in [5, 5.41) is 0. The molecule has 0 aromatic carbocycles. The molecule has 0 aromatic rings. The molecule has 1 atom stereocenters. The lowest BCUT2D eigenvalue weighted by molar-refractivity contribution is -0.167. The lowest BCUT2D eigenvalue weighted by Crippen LogP contribution is -2.30. The SMILES string of the molecule is CC/C=C\C/C=C\C/C=C\C/C=C\C/C=C\CCCCCCCCCCCC(=O)OC(COC(=O)CCCCCCCC)COC(=O)CCCCCCCCCCCCCCCCCCCCCCCCCCCCCCC. The lowest BCUT2D eigenvalue weighted by Gasteiger charge is -2.18. The van der Waals surface area contributed by atoms with Crippen molar-refractivity contribution >= 4 is 17.9 Å². The smallest absolute Gasteiger partial charge is 0.306 e. The standard InChI is InChI=1S/C72H130O6/c1-4-7-10-13-16-18-20-22-24-26-28-30-32-34-35-36-37-39-40-42-44-46-48-50-52-54-56-59-62-65-71(74)77-68-69(67-76-70(73)64-61-58-15-12-9-6-3)78-72(75)66-63-60-57-55-53-51-49-47-45-43-41-38-33-31-29-27-25-23-21-19-17-14-11-8-5-2/h8,11,17,19,23,25,29,31,38,41,69H,4-7,9-10,12-16,18,20-22,24,26-28,30,32-37,39-40,42-68H2,1-3H3/b11-8-,19-17-,25-23-,31-29-,41-38-. The molecule has 0 fully saturated rings. The summed E-state index contributed by atoms with van der Waals surface area (Å²) in [6, 6.07) is 0. The summed E-state index contributed by atoms with van der Waals surface area (Å²) in [6.45, 7) is 6.52. The molecular formula is C72H130O6. The zero-order chi connectivity index (χ0) is 56.4. The van der Waals surface area contributed by atoms with Crippen molar-refractivity contribution in [2.45, 2.75) is 367 Å². The Bertz CT molecular complexity index is 1390. The highest BCUT2D eigenvalue weighted by molar-refractivity contribution is 5.71. The van der Waals surface area contributed by atoms with E-state index in [1.165, 1.54) is 225 Å². The zero-order valence-electron chi connectivity index (χ0n) is 52.2. The number of ether oxygens (including phenoxy) is 3. The first-order valence-corrected chi connectivity index (χ1v) is 34.3. The van der Waals surface area contributed by atoms with Gasteiger partial charge in [0.05, 0.1) is 0 Å². The van der Waals surface area contributed by atoms with Gasteiger partial charge in [-0.2, -0.15) is 0 Å². The summed E-state index contributed by atoms with van der Waals surface area (Å²) in [7, 11) is 0. The van der Waals surface area contributed by atoms with E-state index in [-0.39, 0.29) is 31.1 Å². The van der Waals surface area contributed by atoms with Gasteiger partial charge >= 0.3 is 17.9 Å². The third kappa shape index (κ3) is 63.9. The van der Waals surface area contributed by atoms with Gasteiger partial charge in [-0.1, -0.05) is 338 Å². The minimum Gasteiger partial charge on any atom is -0.462 e. The minimum absolute atomic E-state index is 0.0727. The van der Waals surface area contributed by atoms with Gasteiger partial charge in [0.15, 0.2) is 6.10 Å². The molecular weight excluding hydrogens is 961 g/mol. The monoisotopic (exact) mass is 1090 g/mol. The Hall–Kier alpha value is -2.89. The van der Waals surface area contributed by atoms with E-state index in [1.54, 1.807) is 0 Å². The lowest BCUT2D eigenvalue weighted by atomic mass is 10.0. The predicted octanol–water partition coefficient (Wildman–Crippen LogP) is 23.5. The molecule has 1 unspecified atom stereocenters. The topological polar surface area (TPSA) is 78.9 Å². The second kappa shape index (κ2) is 66.6. The van der Waals surface area contributed by atoms with Gasteiger partial charge in [0.1, 0.15) is 13.2 Å². The zero-order valence-corrected chi connectivity index (χ0v) is 52.2. The van der Waals surface area contributed by atoms with Crippen LogP contribution in [-0.4, -0.2) is 37.2 Å². The molecule has 0 saturated carbocycles. The number of hydrogen-bond donors (Lipinski definition) is 0. The van der Waals surface area contributed by atoms with E-state index in [1.807, 2.05) is 0 Å². The molecule has 0 radical (unpaired) electrons. The van der Waals surface area contributed by atoms with Crippen LogP contribution in [0.1, 0.15) is 361 Å². The van der Waals surface area contributed by atoms with Crippen LogP contribution in [0.5, 0.6) is 0 Å². The van der Waals surface area contributed by atoms with E-state index in [0.717, 1.165) is 96.3 Å². The van der Waals surface area contributed by atoms with Gasteiger partial charge in [-0.15, -0.1) is 0 Å². The van der Waals surface area contributed by atoms with Crippen molar-refractivity contribution in [3.8, 4) is 0 Å². The highest BCUT2D eigenvalue weighted by atomic mass is 16.6. The van der Waals surface area contributed by atoms with Crippen LogP contribution in [0.15, 0.2) is 60.8 Å². The van der Waals surface area contributed by atoms with Crippen molar-refractivity contribution in [3.05, 3.63) is 60.8 Å². The van der Waals surface area contributed by atoms with Crippen LogP contribution in [0.25, 0.3) is 0 Å². The maximum absolute atomic E-state index is 12.9. The molecule has 6 nitrogen and oxygen atoms in total. The van der Waals surface area contributed by atoms with Crippen molar-refractivity contribution in [2.24, 2.45) is 0 Å². The van der Waals surface area contributed by atoms with Gasteiger partial charge in [-0.05, 0) is 64.2 Å². The third-order valence-electron chi connectivity index (χ3n) is 15.3. The Kier molecular flexibility index (Phi) is 64.2. The number of rotatable bonds is 63. The normalized spacial score (nSPS) is 12.4. The number of allylic oxidation sites excluding steroid dienone is 10. The van der Waals surface area contributed by atoms with Crippen molar-refractivity contribution in [1.82, 2.24) is 0 Å². The molecule has 0 aliphatic carbocycles. The Balaban J connectivity index is 4.01. The summed E-state index contributed by atoms with van der Waals surface area (Å²) < 4.78 is 16.8. The number of esters is 3. The van der Waals surface area contributed by atoms with E-state index in [0.29, 0.717) is 19.3 Å². The maximum atomic E-state index is 12.9. The van der Waals surface area contributed by atoms with Crippen LogP contribution < -0.4 is 0 Å². The number of carbonyl (C=O) groups is 3. The molecule has 0 aromatic heterocycles.